The summed E-state index contributed by atoms with van der Waals surface area (Å²) in [5, 5.41) is 3.44. The van der Waals surface area contributed by atoms with Crippen molar-refractivity contribution in [3.05, 3.63) is 16.6 Å². The van der Waals surface area contributed by atoms with Gasteiger partial charge in [-0.3, -0.25) is 9.88 Å². The SMILES string of the molecule is CC1COCCN1CCNCc1cncs1. The maximum Gasteiger partial charge on any atom is 0.0794 e. The summed E-state index contributed by atoms with van der Waals surface area (Å²) in [4.78, 5) is 7.83. The minimum absolute atomic E-state index is 0.555. The van der Waals surface area contributed by atoms with Crippen LogP contribution in [0.3, 0.4) is 0 Å². The number of nitrogens with zero attached hydrogens (tertiary/aromatic N) is 2. The Hall–Kier alpha value is -0.490. The molecule has 1 saturated heterocycles. The van der Waals surface area contributed by atoms with E-state index in [9.17, 15) is 0 Å². The van der Waals surface area contributed by atoms with Crippen LogP contribution in [-0.4, -0.2) is 48.8 Å². The normalized spacial score (nSPS) is 22.4. The quantitative estimate of drug-likeness (QED) is 0.779. The van der Waals surface area contributed by atoms with Crippen molar-refractivity contribution in [3.63, 3.8) is 0 Å². The molecule has 16 heavy (non-hydrogen) atoms. The number of hydrogen-bond donors (Lipinski definition) is 1. The Morgan fingerprint density at radius 3 is 3.38 bits per heavy atom. The van der Waals surface area contributed by atoms with Crippen molar-refractivity contribution in [1.29, 1.82) is 0 Å². The Labute approximate surface area is 101 Å². The average Bonchev–Trinajstić information content (AvgIpc) is 2.79. The maximum absolute atomic E-state index is 5.41. The van der Waals surface area contributed by atoms with Crippen molar-refractivity contribution in [2.75, 3.05) is 32.8 Å². The van der Waals surface area contributed by atoms with Crippen molar-refractivity contribution in [3.8, 4) is 0 Å². The van der Waals surface area contributed by atoms with Crippen LogP contribution in [0, 0.1) is 0 Å². The first kappa shape index (κ1) is 12.0. The van der Waals surface area contributed by atoms with Gasteiger partial charge in [0.25, 0.3) is 0 Å². The van der Waals surface area contributed by atoms with Crippen LogP contribution in [0.2, 0.25) is 0 Å². The van der Waals surface area contributed by atoms with E-state index in [0.717, 1.165) is 39.4 Å². The highest BCUT2D eigenvalue weighted by atomic mass is 32.1. The van der Waals surface area contributed by atoms with Crippen molar-refractivity contribution >= 4 is 11.3 Å². The molecule has 1 fully saturated rings. The lowest BCUT2D eigenvalue weighted by Gasteiger charge is -2.33. The molecule has 1 aromatic heterocycles. The monoisotopic (exact) mass is 241 g/mol. The van der Waals surface area contributed by atoms with Gasteiger partial charge in [0.1, 0.15) is 0 Å². The zero-order valence-corrected chi connectivity index (χ0v) is 10.5. The Balaban J connectivity index is 1.60. The van der Waals surface area contributed by atoms with Gasteiger partial charge < -0.3 is 10.1 Å². The summed E-state index contributed by atoms with van der Waals surface area (Å²) in [6.45, 7) is 8.09. The number of aromatic nitrogens is 1. The van der Waals surface area contributed by atoms with E-state index < -0.39 is 0 Å². The lowest BCUT2D eigenvalue weighted by molar-refractivity contribution is 0.000411. The molecule has 1 aromatic rings. The third-order valence-electron chi connectivity index (χ3n) is 2.86. The molecule has 0 bridgehead atoms. The summed E-state index contributed by atoms with van der Waals surface area (Å²) in [6.07, 6.45) is 1.93. The number of morpholine rings is 1. The standard InChI is InChI=1S/C11H19N3OS/c1-10-8-15-5-4-14(10)3-2-12-6-11-7-13-9-16-11/h7,9-10,12H,2-6,8H2,1H3. The van der Waals surface area contributed by atoms with E-state index in [4.69, 9.17) is 4.74 Å². The molecule has 2 rings (SSSR count). The fourth-order valence-electron chi connectivity index (χ4n) is 1.86. The summed E-state index contributed by atoms with van der Waals surface area (Å²) in [5.41, 5.74) is 1.88. The third kappa shape index (κ3) is 3.52. The predicted octanol–water partition coefficient (Wildman–Crippen LogP) is 0.953. The summed E-state index contributed by atoms with van der Waals surface area (Å²) < 4.78 is 5.41. The second kappa shape index (κ2) is 6.30. The van der Waals surface area contributed by atoms with Gasteiger partial charge in [-0.25, -0.2) is 0 Å². The van der Waals surface area contributed by atoms with E-state index in [1.807, 2.05) is 11.7 Å². The van der Waals surface area contributed by atoms with E-state index >= 15 is 0 Å². The van der Waals surface area contributed by atoms with Crippen molar-refractivity contribution in [1.82, 2.24) is 15.2 Å². The molecule has 0 aromatic carbocycles. The molecule has 1 unspecified atom stereocenters. The molecule has 0 radical (unpaired) electrons. The number of rotatable bonds is 5. The highest BCUT2D eigenvalue weighted by molar-refractivity contribution is 7.09. The fourth-order valence-corrected chi connectivity index (χ4v) is 2.42. The molecule has 0 amide bonds. The Morgan fingerprint density at radius 1 is 1.69 bits per heavy atom. The third-order valence-corrected chi connectivity index (χ3v) is 3.64. The first-order chi connectivity index (χ1) is 7.86. The number of ether oxygens (including phenoxy) is 1. The Bertz CT molecular complexity index is 291. The predicted molar refractivity (Wildman–Crippen MR) is 65.7 cm³/mol. The molecule has 2 heterocycles. The van der Waals surface area contributed by atoms with Crippen LogP contribution >= 0.6 is 11.3 Å². The first-order valence-corrected chi connectivity index (χ1v) is 6.64. The maximum atomic E-state index is 5.41. The molecular weight excluding hydrogens is 222 g/mol. The summed E-state index contributed by atoms with van der Waals surface area (Å²) in [6, 6.07) is 0.555. The second-order valence-corrected chi connectivity index (χ2v) is 5.08. The van der Waals surface area contributed by atoms with Gasteiger partial charge >= 0.3 is 0 Å². The first-order valence-electron chi connectivity index (χ1n) is 5.76. The van der Waals surface area contributed by atoms with E-state index in [1.54, 1.807) is 11.3 Å². The second-order valence-electron chi connectivity index (χ2n) is 4.10. The van der Waals surface area contributed by atoms with Gasteiger partial charge in [-0.1, -0.05) is 0 Å². The van der Waals surface area contributed by atoms with Gasteiger partial charge in [0, 0.05) is 43.3 Å². The van der Waals surface area contributed by atoms with Gasteiger partial charge in [0.05, 0.1) is 18.7 Å². The van der Waals surface area contributed by atoms with Crippen LogP contribution < -0.4 is 5.32 Å². The highest BCUT2D eigenvalue weighted by Crippen LogP contribution is 2.06. The summed E-state index contributed by atoms with van der Waals surface area (Å²) >= 11 is 1.70. The molecule has 5 heteroatoms. The fraction of sp³-hybridized carbons (Fsp3) is 0.727. The van der Waals surface area contributed by atoms with Crippen LogP contribution in [0.5, 0.6) is 0 Å². The zero-order chi connectivity index (χ0) is 11.2. The van der Waals surface area contributed by atoms with Gasteiger partial charge in [-0.2, -0.15) is 0 Å². The molecule has 4 nitrogen and oxygen atoms in total. The van der Waals surface area contributed by atoms with Crippen LogP contribution in [0.1, 0.15) is 11.8 Å². The summed E-state index contributed by atoms with van der Waals surface area (Å²) in [5.74, 6) is 0. The molecule has 1 aliphatic rings. The molecule has 1 N–H and O–H groups in total. The molecular formula is C11H19N3OS. The van der Waals surface area contributed by atoms with Gasteiger partial charge in [-0.05, 0) is 6.92 Å². The number of nitrogens with one attached hydrogen (secondary N) is 1. The lowest BCUT2D eigenvalue weighted by atomic mass is 10.2. The van der Waals surface area contributed by atoms with Crippen molar-refractivity contribution in [2.45, 2.75) is 19.5 Å². The topological polar surface area (TPSA) is 37.4 Å². The highest BCUT2D eigenvalue weighted by Gasteiger charge is 2.17. The molecule has 90 valence electrons. The van der Waals surface area contributed by atoms with Crippen molar-refractivity contribution in [2.24, 2.45) is 0 Å². The largest absolute Gasteiger partial charge is 0.379 e. The minimum atomic E-state index is 0.555. The minimum Gasteiger partial charge on any atom is -0.379 e. The van der Waals surface area contributed by atoms with Gasteiger partial charge in [0.15, 0.2) is 0 Å². The molecule has 0 spiro atoms. The number of thiazole rings is 1. The zero-order valence-electron chi connectivity index (χ0n) is 9.69. The van der Waals surface area contributed by atoms with E-state index in [-0.39, 0.29) is 0 Å². The van der Waals surface area contributed by atoms with E-state index in [2.05, 4.69) is 22.1 Å². The number of hydrogen-bond acceptors (Lipinski definition) is 5. The average molecular weight is 241 g/mol. The molecule has 0 saturated carbocycles. The molecule has 1 atom stereocenters. The van der Waals surface area contributed by atoms with Crippen LogP contribution in [0.25, 0.3) is 0 Å². The van der Waals surface area contributed by atoms with Gasteiger partial charge in [0.2, 0.25) is 0 Å². The van der Waals surface area contributed by atoms with E-state index in [0.29, 0.717) is 6.04 Å². The smallest absolute Gasteiger partial charge is 0.0794 e. The van der Waals surface area contributed by atoms with Crippen molar-refractivity contribution < 1.29 is 4.74 Å². The Kier molecular flexibility index (Phi) is 4.71. The Morgan fingerprint density at radius 2 is 2.62 bits per heavy atom. The van der Waals surface area contributed by atoms with E-state index in [1.165, 1.54) is 4.88 Å². The van der Waals surface area contributed by atoms with Crippen LogP contribution in [0.4, 0.5) is 0 Å². The van der Waals surface area contributed by atoms with Crippen LogP contribution in [-0.2, 0) is 11.3 Å². The molecule has 0 aliphatic carbocycles. The van der Waals surface area contributed by atoms with Crippen LogP contribution in [0.15, 0.2) is 11.7 Å². The lowest BCUT2D eigenvalue weighted by Crippen LogP contribution is -2.46. The van der Waals surface area contributed by atoms with Gasteiger partial charge in [-0.15, -0.1) is 11.3 Å². The summed E-state index contributed by atoms with van der Waals surface area (Å²) in [7, 11) is 0. The molecule has 1 aliphatic heterocycles.